The molecule has 2 aliphatic rings. The highest BCUT2D eigenvalue weighted by Crippen LogP contribution is 2.27. The fraction of sp³-hybridized carbons (Fsp3) is 0.625. The molecule has 114 valence electrons. The predicted octanol–water partition coefficient (Wildman–Crippen LogP) is 2.56. The molecule has 1 aromatic rings. The van der Waals surface area contributed by atoms with Gasteiger partial charge >= 0.3 is 0 Å². The van der Waals surface area contributed by atoms with Crippen molar-refractivity contribution in [1.29, 1.82) is 0 Å². The van der Waals surface area contributed by atoms with Gasteiger partial charge in [-0.1, -0.05) is 18.2 Å². The summed E-state index contributed by atoms with van der Waals surface area (Å²) in [6.45, 7) is 3.95. The van der Waals surface area contributed by atoms with Crippen molar-refractivity contribution in [3.8, 4) is 0 Å². The molecule has 21 heavy (non-hydrogen) atoms. The van der Waals surface area contributed by atoms with Crippen LogP contribution >= 0.6 is 0 Å². The fourth-order valence-electron chi connectivity index (χ4n) is 3.74. The Morgan fingerprint density at radius 2 is 2.14 bits per heavy atom. The molecule has 5 nitrogen and oxygen atoms in total. The summed E-state index contributed by atoms with van der Waals surface area (Å²) in [4.78, 5) is 13.2. The molecule has 0 amide bonds. The summed E-state index contributed by atoms with van der Waals surface area (Å²) in [6, 6.07) is 7.77. The van der Waals surface area contributed by atoms with E-state index in [2.05, 4.69) is 10.2 Å². The summed E-state index contributed by atoms with van der Waals surface area (Å²) in [7, 11) is 0. The molecule has 2 fully saturated rings. The second kappa shape index (κ2) is 6.54. The lowest BCUT2D eigenvalue weighted by atomic mass is 9.89. The van der Waals surface area contributed by atoms with Gasteiger partial charge in [-0.25, -0.2) is 0 Å². The van der Waals surface area contributed by atoms with Crippen LogP contribution in [0.5, 0.6) is 0 Å². The average Bonchev–Trinajstić information content (AvgIpc) is 3.02. The normalized spacial score (nSPS) is 26.9. The average molecular weight is 289 g/mol. The van der Waals surface area contributed by atoms with Gasteiger partial charge in [0, 0.05) is 30.8 Å². The maximum atomic E-state index is 11.1. The van der Waals surface area contributed by atoms with Gasteiger partial charge < -0.3 is 5.32 Å². The molecule has 2 heterocycles. The highest BCUT2D eigenvalue weighted by Gasteiger charge is 2.29. The molecule has 0 bridgehead atoms. The quantitative estimate of drug-likeness (QED) is 0.683. The number of benzene rings is 1. The molecule has 2 atom stereocenters. The van der Waals surface area contributed by atoms with Crippen LogP contribution in [-0.2, 0) is 6.54 Å². The van der Waals surface area contributed by atoms with E-state index in [1.54, 1.807) is 12.1 Å². The minimum absolute atomic E-state index is 0.249. The van der Waals surface area contributed by atoms with Crippen molar-refractivity contribution in [3.05, 3.63) is 39.9 Å². The van der Waals surface area contributed by atoms with E-state index in [-0.39, 0.29) is 10.6 Å². The molecule has 2 unspecified atom stereocenters. The third-order valence-corrected chi connectivity index (χ3v) is 4.79. The summed E-state index contributed by atoms with van der Waals surface area (Å²) in [5, 5.41) is 14.7. The third-order valence-electron chi connectivity index (χ3n) is 4.79. The van der Waals surface area contributed by atoms with Crippen LogP contribution in [0.2, 0.25) is 0 Å². The van der Waals surface area contributed by atoms with Crippen LogP contribution in [0.4, 0.5) is 5.69 Å². The Hall–Kier alpha value is -1.46. The van der Waals surface area contributed by atoms with Gasteiger partial charge in [-0.05, 0) is 44.7 Å². The lowest BCUT2D eigenvalue weighted by Gasteiger charge is -2.35. The van der Waals surface area contributed by atoms with Gasteiger partial charge in [0.15, 0.2) is 0 Å². The molecule has 1 N–H and O–H groups in total. The molecule has 0 aromatic heterocycles. The smallest absolute Gasteiger partial charge is 0.273 e. The van der Waals surface area contributed by atoms with Crippen molar-refractivity contribution in [3.63, 3.8) is 0 Å². The van der Waals surface area contributed by atoms with E-state index in [1.807, 2.05) is 12.1 Å². The first-order chi connectivity index (χ1) is 10.2. The fourth-order valence-corrected chi connectivity index (χ4v) is 3.74. The van der Waals surface area contributed by atoms with Crippen LogP contribution in [0.25, 0.3) is 0 Å². The van der Waals surface area contributed by atoms with E-state index in [0.29, 0.717) is 18.5 Å². The number of likely N-dealkylation sites (tertiary alicyclic amines) is 1. The highest BCUT2D eigenvalue weighted by atomic mass is 16.6. The Labute approximate surface area is 125 Å². The van der Waals surface area contributed by atoms with Crippen LogP contribution in [0.1, 0.15) is 31.2 Å². The summed E-state index contributed by atoms with van der Waals surface area (Å²) < 4.78 is 0. The van der Waals surface area contributed by atoms with Gasteiger partial charge in [-0.2, -0.15) is 0 Å². The van der Waals surface area contributed by atoms with Gasteiger partial charge in [0.2, 0.25) is 0 Å². The van der Waals surface area contributed by atoms with Crippen molar-refractivity contribution in [1.82, 2.24) is 10.2 Å². The zero-order chi connectivity index (χ0) is 14.7. The third kappa shape index (κ3) is 3.41. The van der Waals surface area contributed by atoms with Crippen molar-refractivity contribution in [2.75, 3.05) is 19.6 Å². The summed E-state index contributed by atoms with van der Waals surface area (Å²) in [5.41, 5.74) is 1.08. The Morgan fingerprint density at radius 1 is 1.29 bits per heavy atom. The number of nitrogens with one attached hydrogen (secondary N) is 1. The molecular weight excluding hydrogens is 266 g/mol. The van der Waals surface area contributed by atoms with Crippen molar-refractivity contribution < 1.29 is 4.92 Å². The second-order valence-corrected chi connectivity index (χ2v) is 6.23. The number of para-hydroxylation sites is 1. The van der Waals surface area contributed by atoms with Crippen LogP contribution < -0.4 is 5.32 Å². The van der Waals surface area contributed by atoms with Crippen LogP contribution in [-0.4, -0.2) is 35.5 Å². The molecule has 0 radical (unpaired) electrons. The monoisotopic (exact) mass is 289 g/mol. The summed E-state index contributed by atoms with van der Waals surface area (Å²) in [5.74, 6) is 0.698. The van der Waals surface area contributed by atoms with Gasteiger partial charge in [-0.15, -0.1) is 0 Å². The molecule has 3 rings (SSSR count). The van der Waals surface area contributed by atoms with Crippen molar-refractivity contribution in [2.24, 2.45) is 5.92 Å². The summed E-state index contributed by atoms with van der Waals surface area (Å²) >= 11 is 0. The summed E-state index contributed by atoms with van der Waals surface area (Å²) in [6.07, 6.45) is 5.05. The van der Waals surface area contributed by atoms with Crippen molar-refractivity contribution >= 4 is 5.69 Å². The lowest BCUT2D eigenvalue weighted by Crippen LogP contribution is -2.43. The number of nitrogens with zero attached hydrogens (tertiary/aromatic N) is 2. The number of piperidine rings is 1. The van der Waals surface area contributed by atoms with E-state index in [9.17, 15) is 10.1 Å². The zero-order valence-corrected chi connectivity index (χ0v) is 12.3. The molecule has 0 aliphatic carbocycles. The zero-order valence-electron chi connectivity index (χ0n) is 12.3. The maximum absolute atomic E-state index is 11.1. The molecule has 5 heteroatoms. The minimum atomic E-state index is -0.269. The van der Waals surface area contributed by atoms with Gasteiger partial charge in [0.05, 0.1) is 4.92 Å². The van der Waals surface area contributed by atoms with Crippen molar-refractivity contribution in [2.45, 2.75) is 38.3 Å². The van der Waals surface area contributed by atoms with E-state index >= 15 is 0 Å². The number of rotatable bonds is 4. The predicted molar refractivity (Wildman–Crippen MR) is 82.1 cm³/mol. The van der Waals surface area contributed by atoms with E-state index in [4.69, 9.17) is 0 Å². The first-order valence-corrected chi connectivity index (χ1v) is 7.92. The Morgan fingerprint density at radius 3 is 2.90 bits per heavy atom. The Kier molecular flexibility index (Phi) is 4.51. The topological polar surface area (TPSA) is 58.4 Å². The van der Waals surface area contributed by atoms with Gasteiger partial charge in [0.25, 0.3) is 5.69 Å². The molecule has 1 aromatic carbocycles. The lowest BCUT2D eigenvalue weighted by molar-refractivity contribution is -0.385. The Bertz CT molecular complexity index is 500. The first-order valence-electron chi connectivity index (χ1n) is 7.92. The van der Waals surface area contributed by atoms with Gasteiger partial charge in [-0.3, -0.25) is 15.0 Å². The molecular formula is C16H23N3O2. The maximum Gasteiger partial charge on any atom is 0.273 e. The number of nitro benzene ring substituents is 1. The first kappa shape index (κ1) is 14.5. The largest absolute Gasteiger partial charge is 0.314 e. The van der Waals surface area contributed by atoms with Crippen LogP contribution in [0, 0.1) is 16.0 Å². The molecule has 0 spiro atoms. The van der Waals surface area contributed by atoms with E-state index in [1.165, 1.54) is 25.7 Å². The van der Waals surface area contributed by atoms with Crippen LogP contribution in [0.15, 0.2) is 24.3 Å². The molecule has 0 saturated carbocycles. The number of hydrogen-bond acceptors (Lipinski definition) is 4. The SMILES string of the molecule is O=[N+]([O-])c1ccccc1CN1CCCC(C2CCCN2)C1. The molecule has 2 saturated heterocycles. The second-order valence-electron chi connectivity index (χ2n) is 6.23. The standard InChI is InChI=1S/C16H23N3O2/c20-19(21)16-8-2-1-5-14(16)12-18-10-4-6-13(11-18)15-7-3-9-17-15/h1-2,5,8,13,15,17H,3-4,6-7,9-12H2. The minimum Gasteiger partial charge on any atom is -0.314 e. The number of hydrogen-bond donors (Lipinski definition) is 1. The number of nitro groups is 1. The van der Waals surface area contributed by atoms with Crippen LogP contribution in [0.3, 0.4) is 0 Å². The highest BCUT2D eigenvalue weighted by molar-refractivity contribution is 5.39. The molecule has 2 aliphatic heterocycles. The Balaban J connectivity index is 1.66. The van der Waals surface area contributed by atoms with E-state index in [0.717, 1.165) is 25.2 Å². The van der Waals surface area contributed by atoms with E-state index < -0.39 is 0 Å². The van der Waals surface area contributed by atoms with Gasteiger partial charge in [0.1, 0.15) is 0 Å².